The minimum atomic E-state index is -0.695. The molecule has 3 rings (SSSR count). The first-order valence-electron chi connectivity index (χ1n) is 8.61. The molecule has 1 N–H and O–H groups in total. The predicted molar refractivity (Wildman–Crippen MR) is 97.2 cm³/mol. The number of carbonyl (C=O) groups excluding carboxylic acids is 1. The van der Waals surface area contributed by atoms with Gasteiger partial charge in [0.05, 0.1) is 6.04 Å². The third-order valence-corrected chi connectivity index (χ3v) is 4.48. The molecule has 1 aliphatic rings. The summed E-state index contributed by atoms with van der Waals surface area (Å²) in [6.07, 6.45) is 2.94. The van der Waals surface area contributed by atoms with Crippen LogP contribution in [0.4, 0.5) is 8.78 Å². The molecule has 0 bridgehead atoms. The molecule has 1 aliphatic heterocycles. The largest absolute Gasteiger partial charge is 0.290 e. The molecule has 8 heteroatoms. The first-order chi connectivity index (χ1) is 12.8. The van der Waals surface area contributed by atoms with Gasteiger partial charge < -0.3 is 0 Å². The Morgan fingerprint density at radius 2 is 2.00 bits per heavy atom. The molecule has 27 heavy (non-hydrogen) atoms. The zero-order valence-electron chi connectivity index (χ0n) is 14.9. The fraction of sp³-hybridized carbons (Fsp3) is 0.316. The van der Waals surface area contributed by atoms with Crippen molar-refractivity contribution in [1.29, 1.82) is 0 Å². The van der Waals surface area contributed by atoms with E-state index in [4.69, 9.17) is 0 Å². The molecule has 0 saturated carbocycles. The highest BCUT2D eigenvalue weighted by Gasteiger charge is 2.30. The number of rotatable bonds is 6. The van der Waals surface area contributed by atoms with Crippen LogP contribution in [0.5, 0.6) is 0 Å². The summed E-state index contributed by atoms with van der Waals surface area (Å²) in [4.78, 5) is 24.0. The van der Waals surface area contributed by atoms with Gasteiger partial charge in [0.2, 0.25) is 0 Å². The molecule has 1 aromatic heterocycles. The van der Waals surface area contributed by atoms with Crippen LogP contribution >= 0.6 is 0 Å². The van der Waals surface area contributed by atoms with Crippen LogP contribution < -0.4 is 5.56 Å². The molecule has 2 aromatic rings. The van der Waals surface area contributed by atoms with Crippen molar-refractivity contribution in [2.45, 2.75) is 38.8 Å². The van der Waals surface area contributed by atoms with E-state index >= 15 is 0 Å². The number of halogens is 2. The second-order valence-corrected chi connectivity index (χ2v) is 6.52. The molecule has 0 aliphatic carbocycles. The molecular formula is C19H20F2N4O2. The van der Waals surface area contributed by atoms with Gasteiger partial charge in [-0.1, -0.05) is 6.58 Å². The maximum Gasteiger partial charge on any atom is 0.269 e. The minimum absolute atomic E-state index is 0.168. The van der Waals surface area contributed by atoms with Crippen molar-refractivity contribution in [1.82, 2.24) is 14.8 Å². The van der Waals surface area contributed by atoms with Gasteiger partial charge in [0.25, 0.3) is 11.5 Å². The van der Waals surface area contributed by atoms with Gasteiger partial charge in [0, 0.05) is 42.6 Å². The second kappa shape index (κ2) is 7.69. The Hall–Kier alpha value is -3.03. The summed E-state index contributed by atoms with van der Waals surface area (Å²) in [6.45, 7) is 6.19. The number of nitrogens with one attached hydrogen (secondary N) is 1. The summed E-state index contributed by atoms with van der Waals surface area (Å²) in [7, 11) is 0. The molecule has 2 heterocycles. The lowest BCUT2D eigenvalue weighted by Crippen LogP contribution is -2.28. The SMILES string of the molecule is C=C(CCCn1[nH]c(=O)cc1C)C(=O)N1N=CCC1c1cc(F)cc(F)c1. The van der Waals surface area contributed by atoms with Gasteiger partial charge in [-0.2, -0.15) is 5.10 Å². The highest BCUT2D eigenvalue weighted by atomic mass is 19.1. The fourth-order valence-corrected chi connectivity index (χ4v) is 3.13. The van der Waals surface area contributed by atoms with E-state index in [-0.39, 0.29) is 11.5 Å². The number of hydrogen-bond donors (Lipinski definition) is 1. The molecule has 0 saturated heterocycles. The summed E-state index contributed by atoms with van der Waals surface area (Å²) in [5.74, 6) is -1.77. The van der Waals surface area contributed by atoms with Crippen LogP contribution in [0.25, 0.3) is 0 Å². The minimum Gasteiger partial charge on any atom is -0.290 e. The summed E-state index contributed by atoms with van der Waals surface area (Å²) >= 11 is 0. The third kappa shape index (κ3) is 4.21. The molecule has 1 amide bonds. The summed E-state index contributed by atoms with van der Waals surface area (Å²) < 4.78 is 28.7. The molecule has 1 aromatic carbocycles. The third-order valence-electron chi connectivity index (χ3n) is 4.48. The van der Waals surface area contributed by atoms with E-state index in [0.29, 0.717) is 36.9 Å². The van der Waals surface area contributed by atoms with Crippen LogP contribution in [0.15, 0.2) is 46.3 Å². The lowest BCUT2D eigenvalue weighted by Gasteiger charge is -2.23. The molecular weight excluding hydrogens is 354 g/mol. The molecule has 0 fully saturated rings. The number of hydrazone groups is 1. The maximum atomic E-state index is 13.5. The lowest BCUT2D eigenvalue weighted by molar-refractivity contribution is -0.129. The van der Waals surface area contributed by atoms with Gasteiger partial charge >= 0.3 is 0 Å². The first-order valence-corrected chi connectivity index (χ1v) is 8.61. The normalized spacial score (nSPS) is 16.1. The molecule has 1 atom stereocenters. The predicted octanol–water partition coefficient (Wildman–Crippen LogP) is 3.06. The van der Waals surface area contributed by atoms with Gasteiger partial charge in [-0.15, -0.1) is 0 Å². The van der Waals surface area contributed by atoms with E-state index < -0.39 is 17.7 Å². The highest BCUT2D eigenvalue weighted by molar-refractivity contribution is 5.94. The van der Waals surface area contributed by atoms with Crippen molar-refractivity contribution in [3.63, 3.8) is 0 Å². The Morgan fingerprint density at radius 1 is 1.30 bits per heavy atom. The van der Waals surface area contributed by atoms with Crippen molar-refractivity contribution in [3.05, 3.63) is 69.7 Å². The molecule has 1 unspecified atom stereocenters. The smallest absolute Gasteiger partial charge is 0.269 e. The summed E-state index contributed by atoms with van der Waals surface area (Å²) in [5.41, 5.74) is 1.35. The van der Waals surface area contributed by atoms with E-state index in [1.54, 1.807) is 10.9 Å². The molecule has 6 nitrogen and oxygen atoms in total. The summed E-state index contributed by atoms with van der Waals surface area (Å²) in [5, 5.41) is 7.96. The van der Waals surface area contributed by atoms with Gasteiger partial charge in [-0.05, 0) is 37.5 Å². The average Bonchev–Trinajstić information content (AvgIpc) is 3.20. The lowest BCUT2D eigenvalue weighted by atomic mass is 10.0. The number of aromatic amines is 1. The standard InChI is InChI=1S/C19H20F2N4O2/c1-12(4-3-7-24-13(2)8-18(26)23-24)19(27)25-17(5-6-22-25)14-9-15(20)11-16(21)10-14/h6,8-11,17H,1,3-5,7H2,2H3,(H,23,26). The number of benzene rings is 1. The number of carbonyl (C=O) groups is 1. The number of hydrogen-bond acceptors (Lipinski definition) is 3. The fourth-order valence-electron chi connectivity index (χ4n) is 3.13. The van der Waals surface area contributed by atoms with Crippen molar-refractivity contribution in [2.75, 3.05) is 0 Å². The van der Waals surface area contributed by atoms with Crippen LogP contribution in [0, 0.1) is 18.6 Å². The van der Waals surface area contributed by atoms with Crippen LogP contribution in [0.1, 0.15) is 36.6 Å². The number of H-pyrrole nitrogens is 1. The van der Waals surface area contributed by atoms with Gasteiger partial charge in [-0.3, -0.25) is 19.4 Å². The van der Waals surface area contributed by atoms with E-state index in [1.165, 1.54) is 23.2 Å². The first kappa shape index (κ1) is 18.8. The second-order valence-electron chi connectivity index (χ2n) is 6.52. The van der Waals surface area contributed by atoms with E-state index in [0.717, 1.165) is 11.8 Å². The Balaban J connectivity index is 1.63. The van der Waals surface area contributed by atoms with Crippen LogP contribution in [-0.2, 0) is 11.3 Å². The van der Waals surface area contributed by atoms with E-state index in [1.807, 2.05) is 6.92 Å². The van der Waals surface area contributed by atoms with Crippen LogP contribution in [0.2, 0.25) is 0 Å². The van der Waals surface area contributed by atoms with E-state index in [9.17, 15) is 18.4 Å². The van der Waals surface area contributed by atoms with E-state index in [2.05, 4.69) is 16.8 Å². The Kier molecular flexibility index (Phi) is 5.34. The van der Waals surface area contributed by atoms with Gasteiger partial charge in [-0.25, -0.2) is 13.8 Å². The average molecular weight is 374 g/mol. The van der Waals surface area contributed by atoms with Crippen molar-refractivity contribution < 1.29 is 13.6 Å². The van der Waals surface area contributed by atoms with Crippen molar-refractivity contribution in [3.8, 4) is 0 Å². The van der Waals surface area contributed by atoms with Crippen LogP contribution in [0.3, 0.4) is 0 Å². The topological polar surface area (TPSA) is 70.5 Å². The monoisotopic (exact) mass is 374 g/mol. The Bertz CT molecular complexity index is 941. The zero-order valence-corrected chi connectivity index (χ0v) is 14.9. The summed E-state index contributed by atoms with van der Waals surface area (Å²) in [6, 6.07) is 4.15. The Labute approximate surface area is 154 Å². The van der Waals surface area contributed by atoms with Gasteiger partial charge in [0.15, 0.2) is 0 Å². The zero-order chi connectivity index (χ0) is 19.6. The van der Waals surface area contributed by atoms with Gasteiger partial charge in [0.1, 0.15) is 11.6 Å². The highest BCUT2D eigenvalue weighted by Crippen LogP contribution is 2.30. The number of aryl methyl sites for hydroxylation is 2. The molecule has 0 radical (unpaired) electrons. The number of nitrogens with zero attached hydrogens (tertiary/aromatic N) is 3. The van der Waals surface area contributed by atoms with Crippen LogP contribution in [-0.4, -0.2) is 26.9 Å². The van der Waals surface area contributed by atoms with Crippen molar-refractivity contribution in [2.24, 2.45) is 5.10 Å². The maximum absolute atomic E-state index is 13.5. The number of amides is 1. The number of aromatic nitrogens is 2. The Morgan fingerprint density at radius 3 is 2.63 bits per heavy atom. The molecule has 142 valence electrons. The molecule has 0 spiro atoms. The quantitative estimate of drug-likeness (QED) is 0.790. The van der Waals surface area contributed by atoms with Crippen molar-refractivity contribution >= 4 is 12.1 Å².